The molecule has 24 heavy (non-hydrogen) atoms. The van der Waals surface area contributed by atoms with E-state index in [2.05, 4.69) is 15.4 Å². The number of carbonyl (C=O) groups excluding carboxylic acids is 1. The van der Waals surface area contributed by atoms with Crippen LogP contribution in [-0.2, 0) is 6.54 Å². The molecule has 1 heterocycles. The topological polar surface area (TPSA) is 79.1 Å². The Labute approximate surface area is 138 Å². The summed E-state index contributed by atoms with van der Waals surface area (Å²) in [4.78, 5) is 13.5. The van der Waals surface area contributed by atoms with E-state index in [9.17, 15) is 4.79 Å². The highest BCUT2D eigenvalue weighted by atomic mass is 16.5. The first-order valence-corrected chi connectivity index (χ1v) is 7.29. The van der Waals surface area contributed by atoms with Gasteiger partial charge in [0.2, 0.25) is 5.82 Å². The van der Waals surface area contributed by atoms with E-state index in [1.54, 1.807) is 38.5 Å². The predicted molar refractivity (Wildman–Crippen MR) is 87.1 cm³/mol. The maximum atomic E-state index is 12.3. The minimum Gasteiger partial charge on any atom is -0.497 e. The molecular weight excluding hydrogens is 308 g/mol. The lowest BCUT2D eigenvalue weighted by atomic mass is 10.1. The van der Waals surface area contributed by atoms with Crippen LogP contribution in [0, 0.1) is 0 Å². The van der Waals surface area contributed by atoms with Crippen molar-refractivity contribution in [3.8, 4) is 22.9 Å². The number of Topliss-reactive ketones (excluding diaryl/α,β-unsaturated/α-hetero) is 1. The molecule has 0 atom stereocenters. The van der Waals surface area contributed by atoms with Gasteiger partial charge in [-0.15, -0.1) is 10.2 Å². The van der Waals surface area contributed by atoms with Crippen molar-refractivity contribution in [3.05, 3.63) is 54.1 Å². The summed E-state index contributed by atoms with van der Waals surface area (Å²) in [5.74, 6) is 1.81. The van der Waals surface area contributed by atoms with Crippen molar-refractivity contribution in [2.45, 2.75) is 6.54 Å². The second kappa shape index (κ2) is 6.91. The molecule has 0 saturated heterocycles. The second-order valence-electron chi connectivity index (χ2n) is 5.02. The Bertz CT molecular complexity index is 826. The monoisotopic (exact) mass is 324 g/mol. The number of carbonyl (C=O) groups is 1. The molecule has 1 aromatic heterocycles. The molecule has 122 valence electrons. The lowest BCUT2D eigenvalue weighted by Gasteiger charge is -2.02. The highest BCUT2D eigenvalue weighted by molar-refractivity contribution is 5.95. The van der Waals surface area contributed by atoms with Gasteiger partial charge in [0.25, 0.3) is 0 Å². The lowest BCUT2D eigenvalue weighted by molar-refractivity contribution is 0.0961. The van der Waals surface area contributed by atoms with E-state index in [1.165, 1.54) is 4.80 Å². The molecule has 0 unspecified atom stereocenters. The van der Waals surface area contributed by atoms with Crippen LogP contribution in [0.5, 0.6) is 11.5 Å². The molecule has 3 aromatic rings. The number of methoxy groups -OCH3 is 2. The molecule has 0 spiro atoms. The highest BCUT2D eigenvalue weighted by Gasteiger charge is 2.11. The summed E-state index contributed by atoms with van der Waals surface area (Å²) < 4.78 is 10.2. The van der Waals surface area contributed by atoms with Gasteiger partial charge in [0, 0.05) is 11.1 Å². The second-order valence-corrected chi connectivity index (χ2v) is 5.02. The average molecular weight is 324 g/mol. The molecule has 0 saturated carbocycles. The van der Waals surface area contributed by atoms with Gasteiger partial charge in [-0.3, -0.25) is 4.79 Å². The number of nitrogens with zero attached hydrogens (tertiary/aromatic N) is 4. The number of rotatable bonds is 6. The number of hydrogen-bond acceptors (Lipinski definition) is 6. The van der Waals surface area contributed by atoms with Crippen LogP contribution in [0.3, 0.4) is 0 Å². The van der Waals surface area contributed by atoms with E-state index in [0.29, 0.717) is 17.1 Å². The van der Waals surface area contributed by atoms with E-state index in [0.717, 1.165) is 11.3 Å². The molecule has 0 aliphatic heterocycles. The van der Waals surface area contributed by atoms with E-state index >= 15 is 0 Å². The molecule has 0 bridgehead atoms. The first-order chi connectivity index (χ1) is 11.7. The smallest absolute Gasteiger partial charge is 0.204 e. The first kappa shape index (κ1) is 15.7. The Balaban J connectivity index is 1.71. The molecule has 0 aliphatic carbocycles. The third kappa shape index (κ3) is 3.40. The third-order valence-electron chi connectivity index (χ3n) is 3.50. The van der Waals surface area contributed by atoms with Crippen molar-refractivity contribution in [2.75, 3.05) is 14.2 Å². The van der Waals surface area contributed by atoms with Gasteiger partial charge in [-0.2, -0.15) is 4.80 Å². The van der Waals surface area contributed by atoms with Crippen LogP contribution in [0.4, 0.5) is 0 Å². The molecule has 0 radical (unpaired) electrons. The van der Waals surface area contributed by atoms with Gasteiger partial charge in [0.15, 0.2) is 5.78 Å². The third-order valence-corrected chi connectivity index (χ3v) is 3.50. The zero-order chi connectivity index (χ0) is 16.9. The van der Waals surface area contributed by atoms with Crippen LogP contribution < -0.4 is 9.47 Å². The summed E-state index contributed by atoms with van der Waals surface area (Å²) in [5, 5.41) is 12.2. The van der Waals surface area contributed by atoms with Crippen molar-refractivity contribution in [1.29, 1.82) is 0 Å². The minimum atomic E-state index is -0.101. The van der Waals surface area contributed by atoms with Crippen molar-refractivity contribution in [3.63, 3.8) is 0 Å². The van der Waals surface area contributed by atoms with E-state index < -0.39 is 0 Å². The maximum absolute atomic E-state index is 12.3. The molecular formula is C17H16N4O3. The van der Waals surface area contributed by atoms with Crippen molar-refractivity contribution >= 4 is 5.78 Å². The molecule has 7 nitrogen and oxygen atoms in total. The van der Waals surface area contributed by atoms with Gasteiger partial charge in [-0.25, -0.2) is 0 Å². The lowest BCUT2D eigenvalue weighted by Crippen LogP contribution is -2.13. The summed E-state index contributed by atoms with van der Waals surface area (Å²) in [6.07, 6.45) is 0. The Hall–Kier alpha value is -3.22. The molecule has 2 aromatic carbocycles. The molecule has 0 aliphatic rings. The summed E-state index contributed by atoms with van der Waals surface area (Å²) in [5.41, 5.74) is 1.37. The van der Waals surface area contributed by atoms with Gasteiger partial charge in [0.05, 0.1) is 14.2 Å². The molecule has 0 fully saturated rings. The molecule has 0 amide bonds. The highest BCUT2D eigenvalue weighted by Crippen LogP contribution is 2.18. The molecule has 3 rings (SSSR count). The number of ketones is 1. The van der Waals surface area contributed by atoms with Crippen LogP contribution in [0.25, 0.3) is 11.4 Å². The zero-order valence-electron chi connectivity index (χ0n) is 13.3. The SMILES string of the molecule is COc1ccc(C(=O)Cn2nnc(-c3ccc(OC)cc3)n2)cc1. The largest absolute Gasteiger partial charge is 0.497 e. The van der Waals surface area contributed by atoms with Crippen molar-refractivity contribution < 1.29 is 14.3 Å². The normalized spacial score (nSPS) is 10.4. The molecule has 0 N–H and O–H groups in total. The van der Waals surface area contributed by atoms with E-state index in [4.69, 9.17) is 9.47 Å². The number of hydrogen-bond donors (Lipinski definition) is 0. The predicted octanol–water partition coefficient (Wildman–Crippen LogP) is 2.24. The van der Waals surface area contributed by atoms with Crippen molar-refractivity contribution in [2.24, 2.45) is 0 Å². The number of ether oxygens (including phenoxy) is 2. The quantitative estimate of drug-likeness (QED) is 0.647. The van der Waals surface area contributed by atoms with Crippen LogP contribution in [0.15, 0.2) is 48.5 Å². The summed E-state index contributed by atoms with van der Waals surface area (Å²) in [7, 11) is 3.19. The Kier molecular flexibility index (Phi) is 4.51. The Morgan fingerprint density at radius 1 is 0.958 bits per heavy atom. The first-order valence-electron chi connectivity index (χ1n) is 7.29. The van der Waals surface area contributed by atoms with Gasteiger partial charge >= 0.3 is 0 Å². The summed E-state index contributed by atoms with van der Waals surface area (Å²) in [6, 6.07) is 14.2. The number of tetrazole rings is 1. The van der Waals surface area contributed by atoms with Crippen LogP contribution in [0.2, 0.25) is 0 Å². The zero-order valence-corrected chi connectivity index (χ0v) is 13.3. The minimum absolute atomic E-state index is 0.0233. The van der Waals surface area contributed by atoms with E-state index in [1.807, 2.05) is 24.3 Å². The van der Waals surface area contributed by atoms with Crippen LogP contribution in [0.1, 0.15) is 10.4 Å². The number of benzene rings is 2. The Morgan fingerprint density at radius 3 is 2.12 bits per heavy atom. The van der Waals surface area contributed by atoms with Crippen molar-refractivity contribution in [1.82, 2.24) is 20.2 Å². The van der Waals surface area contributed by atoms with Gasteiger partial charge < -0.3 is 9.47 Å². The van der Waals surface area contributed by atoms with E-state index in [-0.39, 0.29) is 12.3 Å². The summed E-state index contributed by atoms with van der Waals surface area (Å²) in [6.45, 7) is 0.0233. The van der Waals surface area contributed by atoms with Gasteiger partial charge in [0.1, 0.15) is 18.0 Å². The fraction of sp³-hybridized carbons (Fsp3) is 0.176. The average Bonchev–Trinajstić information content (AvgIpc) is 3.10. The fourth-order valence-corrected chi connectivity index (χ4v) is 2.16. The number of aromatic nitrogens is 4. The molecule has 7 heteroatoms. The fourth-order valence-electron chi connectivity index (χ4n) is 2.16. The standard InChI is InChI=1S/C17H16N4O3/c1-23-14-7-3-12(4-8-14)16(22)11-21-19-17(18-20-21)13-5-9-15(24-2)10-6-13/h3-10H,11H2,1-2H3. The van der Waals surface area contributed by atoms with Gasteiger partial charge in [-0.05, 0) is 53.7 Å². The van der Waals surface area contributed by atoms with Crippen LogP contribution in [-0.4, -0.2) is 40.2 Å². The summed E-state index contributed by atoms with van der Waals surface area (Å²) >= 11 is 0. The Morgan fingerprint density at radius 2 is 1.54 bits per heavy atom. The van der Waals surface area contributed by atoms with Gasteiger partial charge in [-0.1, -0.05) is 0 Å². The van der Waals surface area contributed by atoms with Crippen LogP contribution >= 0.6 is 0 Å². The maximum Gasteiger partial charge on any atom is 0.204 e.